The molecule has 0 N–H and O–H groups in total. The lowest BCUT2D eigenvalue weighted by Gasteiger charge is -1.88. The zero-order valence-corrected chi connectivity index (χ0v) is 4.08. The van der Waals surface area contributed by atoms with Gasteiger partial charge in [-0.3, -0.25) is 0 Å². The summed E-state index contributed by atoms with van der Waals surface area (Å²) in [5.74, 6) is 0. The van der Waals surface area contributed by atoms with Crippen LogP contribution >= 0.6 is 0 Å². The van der Waals surface area contributed by atoms with E-state index >= 15 is 0 Å². The average molecular weight is 127 g/mol. The van der Waals surface area contributed by atoms with Gasteiger partial charge in [0.05, 0.1) is 2.74 Å². The molecule has 0 rings (SSSR count). The minimum Gasteiger partial charge on any atom is -0.0917 e. The van der Waals surface area contributed by atoms with E-state index in [2.05, 4.69) is 0 Å². The van der Waals surface area contributed by atoms with Crippen LogP contribution in [0.25, 0.3) is 0 Å². The summed E-state index contributed by atoms with van der Waals surface area (Å²) in [7, 11) is 0. The molecule has 0 aliphatic rings. The van der Waals surface area contributed by atoms with E-state index in [0.29, 0.717) is 0 Å². The molecule has 0 aromatic heterocycles. The van der Waals surface area contributed by atoms with Gasteiger partial charge in [0.1, 0.15) is 0 Å². The molecule has 0 aromatic carbocycles. The molecular weight excluding hydrogens is 96.1 g/mol. The molecule has 0 aliphatic carbocycles. The van der Waals surface area contributed by atoms with E-state index in [9.17, 15) is 0 Å². The molecule has 0 heterocycles. The number of allylic oxidation sites excluding steroid dienone is 2. The highest BCUT2D eigenvalue weighted by Gasteiger charge is 1.78. The van der Waals surface area contributed by atoms with E-state index in [0.717, 1.165) is 0 Å². The Morgan fingerprint density at radius 1 is 1.75 bits per heavy atom. The van der Waals surface area contributed by atoms with Crippen molar-refractivity contribution in [3.63, 3.8) is 0 Å². The second kappa shape index (κ2) is 6.74. The molecule has 0 aliphatic heterocycles. The van der Waals surface area contributed by atoms with Crippen LogP contribution in [0, 0.1) is 0 Å². The zero-order chi connectivity index (χ0) is 19.2. The smallest absolute Gasteiger partial charge is 0.0572 e. The van der Waals surface area contributed by atoms with E-state index in [1.54, 1.807) is 0 Å². The summed E-state index contributed by atoms with van der Waals surface area (Å²) in [6, 6.07) is -2.77. The molecule has 0 saturated carbocycles. The summed E-state index contributed by atoms with van der Waals surface area (Å²) < 4.78 is 110. The third kappa shape index (κ3) is 5.74. The van der Waals surface area contributed by atoms with Crippen molar-refractivity contribution in [3.05, 3.63) is 12.1 Å². The van der Waals surface area contributed by atoms with Crippen LogP contribution < -0.4 is 0 Å². The Hall–Kier alpha value is -0.260. The number of hydrogen-bond acceptors (Lipinski definition) is 0. The number of rotatable bonds is 4. The maximum Gasteiger partial charge on any atom is 0.0572 e. The fourth-order valence-corrected chi connectivity index (χ4v) is 0.130. The van der Waals surface area contributed by atoms with Gasteiger partial charge in [-0.05, 0) is 19.6 Å². The van der Waals surface area contributed by atoms with Gasteiger partial charge in [0.2, 0.25) is 0 Å². The van der Waals surface area contributed by atoms with Gasteiger partial charge in [0, 0.05) is 17.8 Å². The fraction of sp³-hybridized carbons (Fsp3) is 0.750. The summed E-state index contributed by atoms with van der Waals surface area (Å²) in [5.41, 5.74) is 0. The van der Waals surface area contributed by atoms with Crippen LogP contribution in [0.15, 0.2) is 12.1 Å². The maximum absolute atomic E-state index is 7.60. The Kier molecular flexibility index (Phi) is 0.627. The molecule has 0 heteroatoms. The topological polar surface area (TPSA) is 0 Å². The number of hydrogen-bond donors (Lipinski definition) is 0. The lowest BCUT2D eigenvalue weighted by atomic mass is 10.2. The first kappa shape index (κ1) is 0.744. The van der Waals surface area contributed by atoms with E-state index < -0.39 is 51.3 Å². The second-order valence-corrected chi connectivity index (χ2v) is 0.769. The van der Waals surface area contributed by atoms with Crippen molar-refractivity contribution in [2.75, 3.05) is 0 Å². The molecule has 0 aromatic rings. The molecule has 0 bridgehead atoms. The van der Waals surface area contributed by atoms with Gasteiger partial charge < -0.3 is 0 Å². The van der Waals surface area contributed by atoms with E-state index in [1.807, 2.05) is 0 Å². The molecule has 0 saturated heterocycles. The Bertz CT molecular complexity index is 466. The van der Waals surface area contributed by atoms with Crippen LogP contribution in [0.1, 0.15) is 59.8 Å². The highest BCUT2D eigenvalue weighted by atomic mass is 13.8. The van der Waals surface area contributed by atoms with Gasteiger partial charge in [-0.15, -0.1) is 0 Å². The van der Waals surface area contributed by atoms with Gasteiger partial charge >= 0.3 is 0 Å². The van der Waals surface area contributed by atoms with Crippen molar-refractivity contribution in [1.82, 2.24) is 0 Å². The summed E-state index contributed by atoms with van der Waals surface area (Å²) in [5, 5.41) is 0. The minimum absolute atomic E-state index is 1.25. The second-order valence-electron chi connectivity index (χ2n) is 0.769. The monoisotopic (exact) mass is 127 g/mol. The van der Waals surface area contributed by atoms with Crippen LogP contribution in [0.3, 0.4) is 0 Å². The zero-order valence-electron chi connectivity index (χ0n) is 19.1. The molecule has 48 valence electrons. The summed E-state index contributed by atoms with van der Waals surface area (Å²) in [6.07, 6.45) is -15.2. The third-order valence-electron chi connectivity index (χ3n) is 0.322. The van der Waals surface area contributed by atoms with Gasteiger partial charge in [0.25, 0.3) is 0 Å². The van der Waals surface area contributed by atoms with E-state index in [4.69, 9.17) is 20.6 Å². The molecular formula is C8H16. The van der Waals surface area contributed by atoms with Crippen LogP contribution in [0.5, 0.6) is 0 Å². The fourth-order valence-electron chi connectivity index (χ4n) is 0.130. The Balaban J connectivity index is 6.31. The molecule has 0 unspecified atom stereocenters. The van der Waals surface area contributed by atoms with E-state index in [-0.39, 0.29) is 0 Å². The lowest BCUT2D eigenvalue weighted by molar-refractivity contribution is 0.729. The quantitative estimate of drug-likeness (QED) is 0.509. The molecule has 0 spiro atoms. The molecule has 0 radical (unpaired) electrons. The van der Waals surface area contributed by atoms with E-state index in [1.165, 1.54) is 0 Å². The van der Waals surface area contributed by atoms with Gasteiger partial charge in [-0.2, -0.15) is 0 Å². The predicted octanol–water partition coefficient (Wildman–Crippen LogP) is 3.14. The first-order valence-electron chi connectivity index (χ1n) is 9.44. The largest absolute Gasteiger partial charge is 0.0917 e. The van der Waals surface area contributed by atoms with Crippen LogP contribution in [0.2, 0.25) is 0 Å². The van der Waals surface area contributed by atoms with Crippen molar-refractivity contribution < 1.29 is 20.6 Å². The summed E-state index contributed by atoms with van der Waals surface area (Å²) in [4.78, 5) is 0. The summed E-state index contributed by atoms with van der Waals surface area (Å²) >= 11 is 0. The van der Waals surface area contributed by atoms with Crippen LogP contribution in [-0.2, 0) is 0 Å². The normalized spacial score (nSPS) is 49.9. The SMILES string of the molecule is [2H]/C(=C(\[2H])C([2H])([2H])C([2H])([2H])C([2H])([2H])C([2H])([2H])C([2H])([2H])[2H])C([2H])[2H]. The predicted molar refractivity (Wildman–Crippen MR) is 39.0 cm³/mol. The van der Waals surface area contributed by atoms with Gasteiger partial charge in [-0.1, -0.05) is 31.7 Å². The molecule has 0 amide bonds. The van der Waals surface area contributed by atoms with Crippen LogP contribution in [-0.4, -0.2) is 0 Å². The average Bonchev–Trinajstić information content (AvgIpc) is 2.34. The van der Waals surface area contributed by atoms with Crippen LogP contribution in [0.4, 0.5) is 0 Å². The Labute approximate surface area is 73.7 Å². The van der Waals surface area contributed by atoms with Crippen molar-refractivity contribution >= 4 is 0 Å². The first-order valence-corrected chi connectivity index (χ1v) is 1.79. The van der Waals surface area contributed by atoms with Gasteiger partial charge in [-0.25, -0.2) is 0 Å². The molecule has 0 fully saturated rings. The summed E-state index contributed by atoms with van der Waals surface area (Å²) in [6.45, 7) is -5.76. The minimum atomic E-state index is -3.92. The molecule has 0 atom stereocenters. The molecule has 8 heavy (non-hydrogen) atoms. The van der Waals surface area contributed by atoms with Gasteiger partial charge in [0.15, 0.2) is 0 Å². The molecule has 0 nitrogen and oxygen atoms in total. The third-order valence-corrected chi connectivity index (χ3v) is 0.322. The van der Waals surface area contributed by atoms with Crippen molar-refractivity contribution in [1.29, 1.82) is 0 Å². The first-order chi connectivity index (χ1) is 9.76. The van der Waals surface area contributed by atoms with Crippen molar-refractivity contribution in [2.45, 2.75) is 39.2 Å². The Morgan fingerprint density at radius 2 is 2.75 bits per heavy atom. The highest BCUT2D eigenvalue weighted by molar-refractivity contribution is 4.75. The Morgan fingerprint density at radius 3 is 3.50 bits per heavy atom. The maximum atomic E-state index is 7.60. The van der Waals surface area contributed by atoms with Crippen molar-refractivity contribution in [2.24, 2.45) is 0 Å². The highest BCUT2D eigenvalue weighted by Crippen LogP contribution is 1.98. The standard InChI is InChI=1S/C8H16/c1-3-5-7-8-6-4-2/h3,5H,4,6-8H2,1-2H3/b5-3-/i1D2,2D3,3D,4D2,5D,6D2,7D2,8D2. The lowest BCUT2D eigenvalue weighted by Crippen LogP contribution is -1.68. The van der Waals surface area contributed by atoms with Crippen molar-refractivity contribution in [3.8, 4) is 0 Å².